The SMILES string of the molecule is CCc1nc(-c2ccc(NC(=O)Nc3ccc(C(=O)N4CCC(c5ccccc5)CC4)cc3)cc2)nc(N2CCOCC2)n1. The molecule has 0 atom stereocenters. The summed E-state index contributed by atoms with van der Waals surface area (Å²) >= 11 is 0. The molecule has 2 fully saturated rings. The second kappa shape index (κ2) is 13.6. The Kier molecular flexibility index (Phi) is 9.07. The molecule has 3 heterocycles. The number of urea groups is 1. The third-order valence-electron chi connectivity index (χ3n) is 8.12. The van der Waals surface area contributed by atoms with E-state index in [4.69, 9.17) is 9.72 Å². The van der Waals surface area contributed by atoms with Crippen LogP contribution in [0.4, 0.5) is 22.1 Å². The van der Waals surface area contributed by atoms with Gasteiger partial charge in [0.1, 0.15) is 5.82 Å². The minimum Gasteiger partial charge on any atom is -0.378 e. The van der Waals surface area contributed by atoms with E-state index in [1.165, 1.54) is 5.56 Å². The Bertz CT molecular complexity index is 1570. The number of hydrogen-bond donors (Lipinski definition) is 2. The molecule has 1 aromatic heterocycles. The van der Waals surface area contributed by atoms with Crippen LogP contribution in [0.3, 0.4) is 0 Å². The zero-order chi connectivity index (χ0) is 30.3. The summed E-state index contributed by atoms with van der Waals surface area (Å²) in [6.45, 7) is 6.30. The molecule has 4 aromatic rings. The van der Waals surface area contributed by atoms with Crippen molar-refractivity contribution in [2.45, 2.75) is 32.1 Å². The number of ether oxygens (including phenoxy) is 1. The maximum Gasteiger partial charge on any atom is 0.323 e. The predicted molar refractivity (Wildman–Crippen MR) is 171 cm³/mol. The quantitative estimate of drug-likeness (QED) is 0.288. The number of benzene rings is 3. The Morgan fingerprint density at radius 2 is 1.43 bits per heavy atom. The first-order valence-corrected chi connectivity index (χ1v) is 15.3. The van der Waals surface area contributed by atoms with Crippen molar-refractivity contribution in [1.29, 1.82) is 0 Å². The van der Waals surface area contributed by atoms with Crippen LogP contribution in [0.1, 0.15) is 47.4 Å². The molecule has 0 radical (unpaired) electrons. The number of aryl methyl sites for hydroxylation is 1. The monoisotopic (exact) mass is 591 g/mol. The lowest BCUT2D eigenvalue weighted by Crippen LogP contribution is -2.37. The Balaban J connectivity index is 1.02. The Labute approximate surface area is 257 Å². The molecule has 0 saturated carbocycles. The van der Waals surface area contributed by atoms with Crippen molar-refractivity contribution in [2.75, 3.05) is 54.9 Å². The van der Waals surface area contributed by atoms with Crippen molar-refractivity contribution in [3.8, 4) is 11.4 Å². The minimum atomic E-state index is -0.372. The highest BCUT2D eigenvalue weighted by atomic mass is 16.5. The van der Waals surface area contributed by atoms with E-state index < -0.39 is 0 Å². The largest absolute Gasteiger partial charge is 0.378 e. The number of piperidine rings is 1. The van der Waals surface area contributed by atoms with E-state index in [0.717, 1.165) is 50.4 Å². The Morgan fingerprint density at radius 1 is 0.795 bits per heavy atom. The van der Waals surface area contributed by atoms with Crippen molar-refractivity contribution >= 4 is 29.3 Å². The zero-order valence-corrected chi connectivity index (χ0v) is 24.9. The smallest absolute Gasteiger partial charge is 0.323 e. The number of hydrogen-bond acceptors (Lipinski definition) is 7. The molecule has 0 aliphatic carbocycles. The van der Waals surface area contributed by atoms with E-state index in [1.807, 2.05) is 42.2 Å². The van der Waals surface area contributed by atoms with Crippen LogP contribution >= 0.6 is 0 Å². The van der Waals surface area contributed by atoms with Gasteiger partial charge >= 0.3 is 6.03 Å². The van der Waals surface area contributed by atoms with E-state index in [-0.39, 0.29) is 11.9 Å². The summed E-state index contributed by atoms with van der Waals surface area (Å²) in [6, 6.07) is 24.6. The van der Waals surface area contributed by atoms with Crippen LogP contribution in [-0.4, -0.2) is 71.2 Å². The topological polar surface area (TPSA) is 113 Å². The highest BCUT2D eigenvalue weighted by molar-refractivity contribution is 6.00. The lowest BCUT2D eigenvalue weighted by molar-refractivity contribution is 0.0713. The molecule has 3 aromatic carbocycles. The fraction of sp³-hybridized carbons (Fsp3) is 0.324. The number of likely N-dealkylation sites (tertiary alicyclic amines) is 1. The van der Waals surface area contributed by atoms with Gasteiger partial charge in [0.25, 0.3) is 5.91 Å². The van der Waals surface area contributed by atoms with Gasteiger partial charge in [-0.15, -0.1) is 0 Å². The van der Waals surface area contributed by atoms with E-state index in [2.05, 4.69) is 49.8 Å². The molecular formula is C34H37N7O3. The van der Waals surface area contributed by atoms with Crippen LogP contribution in [0, 0.1) is 0 Å². The van der Waals surface area contributed by atoms with Crippen LogP contribution < -0.4 is 15.5 Å². The zero-order valence-electron chi connectivity index (χ0n) is 24.9. The van der Waals surface area contributed by atoms with Gasteiger partial charge in [-0.05, 0) is 72.9 Å². The lowest BCUT2D eigenvalue weighted by Gasteiger charge is -2.32. The predicted octanol–water partition coefficient (Wildman–Crippen LogP) is 5.60. The number of carbonyl (C=O) groups is 2. The van der Waals surface area contributed by atoms with Crippen molar-refractivity contribution in [2.24, 2.45) is 0 Å². The fourth-order valence-electron chi connectivity index (χ4n) is 5.62. The summed E-state index contributed by atoms with van der Waals surface area (Å²) in [7, 11) is 0. The van der Waals surface area contributed by atoms with E-state index in [1.54, 1.807) is 24.3 Å². The van der Waals surface area contributed by atoms with Gasteiger partial charge in [0.2, 0.25) is 5.95 Å². The van der Waals surface area contributed by atoms with Crippen molar-refractivity contribution in [1.82, 2.24) is 19.9 Å². The van der Waals surface area contributed by atoms with E-state index in [0.29, 0.717) is 54.3 Å². The number of morpholine rings is 1. The summed E-state index contributed by atoms with van der Waals surface area (Å²) in [6.07, 6.45) is 2.62. The molecule has 3 amide bonds. The van der Waals surface area contributed by atoms with Gasteiger partial charge in [-0.25, -0.2) is 9.78 Å². The lowest BCUT2D eigenvalue weighted by atomic mass is 9.89. The number of anilines is 3. The number of aromatic nitrogens is 3. The first kappa shape index (κ1) is 29.3. The van der Waals surface area contributed by atoms with Crippen molar-refractivity contribution in [3.05, 3.63) is 95.8 Å². The maximum atomic E-state index is 13.1. The van der Waals surface area contributed by atoms with Gasteiger partial charge in [-0.2, -0.15) is 9.97 Å². The number of amides is 3. The van der Waals surface area contributed by atoms with Gasteiger partial charge < -0.3 is 25.2 Å². The molecule has 2 aliphatic rings. The van der Waals surface area contributed by atoms with Gasteiger partial charge in [-0.1, -0.05) is 37.3 Å². The Morgan fingerprint density at radius 3 is 2.07 bits per heavy atom. The van der Waals surface area contributed by atoms with Crippen LogP contribution in [0.2, 0.25) is 0 Å². The Hall–Kier alpha value is -4.83. The highest BCUT2D eigenvalue weighted by Crippen LogP contribution is 2.28. The molecule has 10 heteroatoms. The van der Waals surface area contributed by atoms with Gasteiger partial charge in [0, 0.05) is 55.1 Å². The number of nitrogens with zero attached hydrogens (tertiary/aromatic N) is 5. The number of rotatable bonds is 7. The molecule has 226 valence electrons. The van der Waals surface area contributed by atoms with E-state index in [9.17, 15) is 9.59 Å². The molecular weight excluding hydrogens is 554 g/mol. The summed E-state index contributed by atoms with van der Waals surface area (Å²) in [5.74, 6) is 2.52. The summed E-state index contributed by atoms with van der Waals surface area (Å²) in [4.78, 5) is 43.8. The molecule has 2 aliphatic heterocycles. The van der Waals surface area contributed by atoms with Crippen LogP contribution in [0.25, 0.3) is 11.4 Å². The normalized spacial score (nSPS) is 15.6. The maximum absolute atomic E-state index is 13.1. The average molecular weight is 592 g/mol. The standard InChI is InChI=1S/C34H37N7O3/c1-2-30-37-31(39-33(38-30)41-20-22-44-23-21-41)26-8-12-28(13-9-26)35-34(43)36-29-14-10-27(11-15-29)32(42)40-18-16-25(17-19-40)24-6-4-3-5-7-24/h3-15,25H,2,16-23H2,1H3,(H2,35,36,43). The molecule has 10 nitrogen and oxygen atoms in total. The average Bonchev–Trinajstić information content (AvgIpc) is 3.09. The summed E-state index contributed by atoms with van der Waals surface area (Å²) in [5, 5.41) is 5.70. The fourth-order valence-corrected chi connectivity index (χ4v) is 5.62. The molecule has 0 unspecified atom stereocenters. The van der Waals surface area contributed by atoms with Crippen LogP contribution in [0.15, 0.2) is 78.9 Å². The van der Waals surface area contributed by atoms with Crippen LogP contribution in [0.5, 0.6) is 0 Å². The molecule has 6 rings (SSSR count). The third-order valence-corrected chi connectivity index (χ3v) is 8.12. The highest BCUT2D eigenvalue weighted by Gasteiger charge is 2.24. The first-order chi connectivity index (χ1) is 21.6. The minimum absolute atomic E-state index is 0.0221. The van der Waals surface area contributed by atoms with Gasteiger partial charge in [-0.3, -0.25) is 4.79 Å². The van der Waals surface area contributed by atoms with Crippen molar-refractivity contribution < 1.29 is 14.3 Å². The first-order valence-electron chi connectivity index (χ1n) is 15.3. The van der Waals surface area contributed by atoms with Gasteiger partial charge in [0.05, 0.1) is 13.2 Å². The second-order valence-electron chi connectivity index (χ2n) is 11.0. The second-order valence-corrected chi connectivity index (χ2v) is 11.0. The molecule has 44 heavy (non-hydrogen) atoms. The molecule has 2 N–H and O–H groups in total. The number of carbonyl (C=O) groups excluding carboxylic acids is 2. The number of nitrogens with one attached hydrogen (secondary N) is 2. The van der Waals surface area contributed by atoms with Crippen LogP contribution in [-0.2, 0) is 11.2 Å². The summed E-state index contributed by atoms with van der Waals surface area (Å²) in [5.41, 5.74) is 4.04. The van der Waals surface area contributed by atoms with Crippen molar-refractivity contribution in [3.63, 3.8) is 0 Å². The van der Waals surface area contributed by atoms with E-state index >= 15 is 0 Å². The third kappa shape index (κ3) is 7.03. The summed E-state index contributed by atoms with van der Waals surface area (Å²) < 4.78 is 5.46. The molecule has 2 saturated heterocycles. The van der Waals surface area contributed by atoms with Gasteiger partial charge in [0.15, 0.2) is 5.82 Å². The molecule has 0 bridgehead atoms. The molecule has 0 spiro atoms.